The molecule has 6 heteroatoms. The molecule has 0 saturated carbocycles. The number of benzene rings is 1. The van der Waals surface area contributed by atoms with E-state index in [4.69, 9.17) is 21.1 Å². The number of anilines is 1. The second-order valence-electron chi connectivity index (χ2n) is 4.64. The second kappa shape index (κ2) is 6.18. The van der Waals surface area contributed by atoms with Crippen LogP contribution in [0.4, 0.5) is 10.2 Å². The van der Waals surface area contributed by atoms with Crippen molar-refractivity contribution in [2.75, 3.05) is 25.1 Å². The van der Waals surface area contributed by atoms with Gasteiger partial charge in [0.05, 0.1) is 5.02 Å². The lowest BCUT2D eigenvalue weighted by Gasteiger charge is -2.18. The summed E-state index contributed by atoms with van der Waals surface area (Å²) in [5.41, 5.74) is 1.08. The summed E-state index contributed by atoms with van der Waals surface area (Å²) in [6.07, 6.45) is 2.14. The Balaban J connectivity index is 1.60. The molecule has 0 atom stereocenters. The number of halogens is 2. The van der Waals surface area contributed by atoms with Gasteiger partial charge in [0.15, 0.2) is 23.1 Å². The van der Waals surface area contributed by atoms with Gasteiger partial charge in [0.25, 0.3) is 0 Å². The Bertz CT molecular complexity index is 652. The van der Waals surface area contributed by atoms with E-state index < -0.39 is 5.82 Å². The van der Waals surface area contributed by atoms with Gasteiger partial charge in [0.1, 0.15) is 13.2 Å². The van der Waals surface area contributed by atoms with Gasteiger partial charge in [0, 0.05) is 12.7 Å². The lowest BCUT2D eigenvalue weighted by atomic mass is 10.1. The molecule has 2 heterocycles. The summed E-state index contributed by atoms with van der Waals surface area (Å²) in [6.45, 7) is 1.70. The molecule has 1 aliphatic rings. The van der Waals surface area contributed by atoms with E-state index in [0.717, 1.165) is 23.5 Å². The summed E-state index contributed by atoms with van der Waals surface area (Å²) in [4.78, 5) is 3.92. The van der Waals surface area contributed by atoms with Gasteiger partial charge in [-0.25, -0.2) is 9.37 Å². The topological polar surface area (TPSA) is 43.4 Å². The number of nitrogens with zero attached hydrogens (tertiary/aromatic N) is 1. The molecule has 1 aromatic carbocycles. The van der Waals surface area contributed by atoms with Crippen LogP contribution in [0.1, 0.15) is 5.56 Å². The summed E-state index contributed by atoms with van der Waals surface area (Å²) < 4.78 is 24.6. The van der Waals surface area contributed by atoms with Crippen molar-refractivity contribution in [1.82, 2.24) is 4.98 Å². The number of hydrogen-bond acceptors (Lipinski definition) is 4. The third kappa shape index (κ3) is 3.36. The Morgan fingerprint density at radius 3 is 2.81 bits per heavy atom. The Kier molecular flexibility index (Phi) is 4.10. The van der Waals surface area contributed by atoms with Crippen molar-refractivity contribution in [2.24, 2.45) is 0 Å². The van der Waals surface area contributed by atoms with Gasteiger partial charge in [0.2, 0.25) is 0 Å². The fourth-order valence-corrected chi connectivity index (χ4v) is 2.26. The molecule has 1 aromatic heterocycles. The molecule has 0 radical (unpaired) electrons. The molecule has 0 saturated heterocycles. The predicted octanol–water partition coefficient (Wildman–Crippen LogP) is 3.30. The number of aromatic nitrogens is 1. The van der Waals surface area contributed by atoms with Crippen molar-refractivity contribution in [2.45, 2.75) is 6.42 Å². The highest BCUT2D eigenvalue weighted by atomic mass is 35.5. The molecular formula is C15H14ClFN2O2. The summed E-state index contributed by atoms with van der Waals surface area (Å²) >= 11 is 5.66. The highest BCUT2D eigenvalue weighted by Gasteiger charge is 2.11. The minimum absolute atomic E-state index is 0.206. The Morgan fingerprint density at radius 2 is 2.00 bits per heavy atom. The van der Waals surface area contributed by atoms with E-state index in [0.29, 0.717) is 19.8 Å². The van der Waals surface area contributed by atoms with Gasteiger partial charge in [-0.2, -0.15) is 0 Å². The number of pyridine rings is 1. The first kappa shape index (κ1) is 13.9. The summed E-state index contributed by atoms with van der Waals surface area (Å²) in [7, 11) is 0. The average molecular weight is 309 g/mol. The molecule has 0 amide bonds. The maximum absolute atomic E-state index is 13.6. The predicted molar refractivity (Wildman–Crippen MR) is 78.8 cm³/mol. The van der Waals surface area contributed by atoms with Crippen LogP contribution in [0.5, 0.6) is 11.5 Å². The molecule has 1 aliphatic heterocycles. The highest BCUT2D eigenvalue weighted by Crippen LogP contribution is 2.30. The molecule has 2 aromatic rings. The van der Waals surface area contributed by atoms with Crippen LogP contribution in [-0.4, -0.2) is 24.7 Å². The molecule has 3 rings (SSSR count). The summed E-state index contributed by atoms with van der Waals surface area (Å²) in [5.74, 6) is 1.28. The van der Waals surface area contributed by atoms with Crippen LogP contribution in [0, 0.1) is 5.82 Å². The molecule has 1 N–H and O–H groups in total. The third-order valence-electron chi connectivity index (χ3n) is 3.12. The van der Waals surface area contributed by atoms with Gasteiger partial charge in [-0.05, 0) is 30.2 Å². The van der Waals surface area contributed by atoms with E-state index in [9.17, 15) is 4.39 Å². The largest absolute Gasteiger partial charge is 0.486 e. The van der Waals surface area contributed by atoms with E-state index in [-0.39, 0.29) is 10.8 Å². The molecule has 110 valence electrons. The second-order valence-corrected chi connectivity index (χ2v) is 5.08. The van der Waals surface area contributed by atoms with Gasteiger partial charge in [-0.15, -0.1) is 0 Å². The fourth-order valence-electron chi connectivity index (χ4n) is 2.11. The molecule has 0 aliphatic carbocycles. The zero-order valence-corrected chi connectivity index (χ0v) is 12.0. The van der Waals surface area contributed by atoms with Crippen LogP contribution in [0.2, 0.25) is 5.02 Å². The molecule has 0 fully saturated rings. The SMILES string of the molecule is Fc1cc(Cl)cnc1NCCc1ccc2c(c1)OCCO2. The van der Waals surface area contributed by atoms with E-state index >= 15 is 0 Å². The van der Waals surface area contributed by atoms with Crippen molar-refractivity contribution in [3.8, 4) is 11.5 Å². The van der Waals surface area contributed by atoms with Crippen molar-refractivity contribution in [1.29, 1.82) is 0 Å². The lowest BCUT2D eigenvalue weighted by molar-refractivity contribution is 0.171. The van der Waals surface area contributed by atoms with Crippen LogP contribution < -0.4 is 14.8 Å². The van der Waals surface area contributed by atoms with E-state index in [1.807, 2.05) is 18.2 Å². The molecule has 0 spiro atoms. The van der Waals surface area contributed by atoms with Gasteiger partial charge in [-0.1, -0.05) is 17.7 Å². The Hall–Kier alpha value is -2.01. The maximum Gasteiger partial charge on any atom is 0.166 e. The average Bonchev–Trinajstić information content (AvgIpc) is 2.49. The maximum atomic E-state index is 13.6. The quantitative estimate of drug-likeness (QED) is 0.941. The minimum atomic E-state index is -0.454. The van der Waals surface area contributed by atoms with Crippen molar-refractivity contribution in [3.05, 3.63) is 46.9 Å². The van der Waals surface area contributed by atoms with E-state index in [1.54, 1.807) is 0 Å². The normalized spacial score (nSPS) is 13.0. The first-order valence-electron chi connectivity index (χ1n) is 6.66. The standard InChI is InChI=1S/C15H14ClFN2O2/c16-11-8-12(17)15(19-9-11)18-4-3-10-1-2-13-14(7-10)21-6-5-20-13/h1-2,7-9H,3-6H2,(H,18,19). The van der Waals surface area contributed by atoms with Crippen LogP contribution in [0.3, 0.4) is 0 Å². The number of fused-ring (bicyclic) bond motifs is 1. The van der Waals surface area contributed by atoms with E-state index in [2.05, 4.69) is 10.3 Å². The van der Waals surface area contributed by atoms with Crippen molar-refractivity contribution < 1.29 is 13.9 Å². The van der Waals surface area contributed by atoms with Gasteiger partial charge >= 0.3 is 0 Å². The number of rotatable bonds is 4. The van der Waals surface area contributed by atoms with Crippen LogP contribution in [0.25, 0.3) is 0 Å². The zero-order chi connectivity index (χ0) is 14.7. The number of ether oxygens (including phenoxy) is 2. The van der Waals surface area contributed by atoms with Crippen LogP contribution >= 0.6 is 11.6 Å². The van der Waals surface area contributed by atoms with Gasteiger partial charge in [-0.3, -0.25) is 0 Å². The molecule has 0 bridgehead atoms. The Morgan fingerprint density at radius 1 is 1.19 bits per heavy atom. The third-order valence-corrected chi connectivity index (χ3v) is 3.33. The smallest absolute Gasteiger partial charge is 0.166 e. The fraction of sp³-hybridized carbons (Fsp3) is 0.267. The zero-order valence-electron chi connectivity index (χ0n) is 11.2. The number of hydrogen-bond donors (Lipinski definition) is 1. The summed E-state index contributed by atoms with van der Waals surface area (Å²) in [6, 6.07) is 7.05. The van der Waals surface area contributed by atoms with E-state index in [1.165, 1.54) is 12.3 Å². The first-order valence-corrected chi connectivity index (χ1v) is 7.03. The summed E-state index contributed by atoms with van der Waals surface area (Å²) in [5, 5.41) is 3.23. The van der Waals surface area contributed by atoms with Crippen molar-refractivity contribution in [3.63, 3.8) is 0 Å². The molecule has 4 nitrogen and oxygen atoms in total. The minimum Gasteiger partial charge on any atom is -0.486 e. The molecular weight excluding hydrogens is 295 g/mol. The highest BCUT2D eigenvalue weighted by molar-refractivity contribution is 6.30. The first-order chi connectivity index (χ1) is 10.2. The lowest BCUT2D eigenvalue weighted by Crippen LogP contribution is -2.15. The Labute approximate surface area is 126 Å². The van der Waals surface area contributed by atoms with Crippen LogP contribution in [0.15, 0.2) is 30.5 Å². The van der Waals surface area contributed by atoms with Crippen LogP contribution in [-0.2, 0) is 6.42 Å². The monoisotopic (exact) mass is 308 g/mol. The van der Waals surface area contributed by atoms with Gasteiger partial charge < -0.3 is 14.8 Å². The molecule has 21 heavy (non-hydrogen) atoms. The number of nitrogens with one attached hydrogen (secondary N) is 1. The van der Waals surface area contributed by atoms with Crippen molar-refractivity contribution >= 4 is 17.4 Å². The molecule has 0 unspecified atom stereocenters.